The van der Waals surface area contributed by atoms with Crippen molar-refractivity contribution in [3.05, 3.63) is 6.20 Å². The number of nitrogen functional groups attached to an aromatic ring is 1. The summed E-state index contributed by atoms with van der Waals surface area (Å²) in [5, 5.41) is 3.97. The molecule has 1 heterocycles. The van der Waals surface area contributed by atoms with Crippen LogP contribution in [0.4, 0.5) is 5.82 Å². The molecule has 8 nitrogen and oxygen atoms in total. The summed E-state index contributed by atoms with van der Waals surface area (Å²) in [5.74, 6) is -0.00772. The van der Waals surface area contributed by atoms with Crippen LogP contribution in [0.5, 0.6) is 0 Å². The van der Waals surface area contributed by atoms with Gasteiger partial charge in [0.15, 0.2) is 5.82 Å². The number of rotatable bonds is 9. The number of methoxy groups -OCH3 is 2. The predicted octanol–water partition coefficient (Wildman–Crippen LogP) is -0.185. The molecular formula is C11H22N4O4S. The zero-order valence-electron chi connectivity index (χ0n) is 12.0. The maximum atomic E-state index is 12.2. The van der Waals surface area contributed by atoms with Crippen LogP contribution in [0.25, 0.3) is 0 Å². The van der Waals surface area contributed by atoms with Crippen molar-refractivity contribution in [1.82, 2.24) is 14.5 Å². The van der Waals surface area contributed by atoms with Crippen molar-refractivity contribution in [2.75, 3.05) is 33.1 Å². The van der Waals surface area contributed by atoms with Crippen LogP contribution >= 0.6 is 0 Å². The molecule has 0 radical (unpaired) electrons. The summed E-state index contributed by atoms with van der Waals surface area (Å²) in [6.07, 6.45) is 1.91. The second-order valence-electron chi connectivity index (χ2n) is 4.31. The van der Waals surface area contributed by atoms with Gasteiger partial charge in [0.25, 0.3) is 0 Å². The van der Waals surface area contributed by atoms with E-state index in [9.17, 15) is 8.42 Å². The number of nitrogens with two attached hydrogens (primary N) is 1. The van der Waals surface area contributed by atoms with Crippen LogP contribution in [0.15, 0.2) is 11.1 Å². The summed E-state index contributed by atoms with van der Waals surface area (Å²) in [7, 11) is -0.693. The number of hydrogen-bond donors (Lipinski definition) is 2. The Hall–Kier alpha value is -1.16. The van der Waals surface area contributed by atoms with E-state index in [4.69, 9.17) is 15.2 Å². The van der Waals surface area contributed by atoms with Crippen molar-refractivity contribution in [2.24, 2.45) is 0 Å². The number of hydrogen-bond acceptors (Lipinski definition) is 6. The van der Waals surface area contributed by atoms with Gasteiger partial charge in [0.05, 0.1) is 12.7 Å². The second kappa shape index (κ2) is 7.58. The summed E-state index contributed by atoms with van der Waals surface area (Å²) in [4.78, 5) is -0.0155. The normalized spacial score (nSPS) is 13.6. The molecule has 20 heavy (non-hydrogen) atoms. The lowest BCUT2D eigenvalue weighted by Gasteiger charge is -2.14. The zero-order valence-corrected chi connectivity index (χ0v) is 12.8. The van der Waals surface area contributed by atoms with E-state index < -0.39 is 10.0 Å². The highest BCUT2D eigenvalue weighted by molar-refractivity contribution is 7.89. The van der Waals surface area contributed by atoms with Gasteiger partial charge in [-0.1, -0.05) is 6.92 Å². The quantitative estimate of drug-likeness (QED) is 0.655. The minimum absolute atomic E-state index is 0.00772. The van der Waals surface area contributed by atoms with Crippen molar-refractivity contribution in [3.63, 3.8) is 0 Å². The lowest BCUT2D eigenvalue weighted by molar-refractivity contribution is 0.0320. The van der Waals surface area contributed by atoms with Crippen LogP contribution < -0.4 is 10.5 Å². The molecule has 9 heteroatoms. The summed E-state index contributed by atoms with van der Waals surface area (Å²) >= 11 is 0. The Morgan fingerprint density at radius 1 is 1.50 bits per heavy atom. The Balaban J connectivity index is 2.78. The van der Waals surface area contributed by atoms with Gasteiger partial charge in [-0.05, 0) is 6.42 Å². The highest BCUT2D eigenvalue weighted by Crippen LogP contribution is 2.16. The van der Waals surface area contributed by atoms with Gasteiger partial charge in [-0.3, -0.25) is 4.68 Å². The molecule has 1 rings (SSSR count). The molecule has 0 saturated carbocycles. The van der Waals surface area contributed by atoms with Gasteiger partial charge >= 0.3 is 0 Å². The van der Waals surface area contributed by atoms with Crippen LogP contribution in [0, 0.1) is 0 Å². The average Bonchev–Trinajstić information content (AvgIpc) is 2.77. The summed E-state index contributed by atoms with van der Waals surface area (Å²) in [5.41, 5.74) is 5.65. The van der Waals surface area contributed by atoms with Gasteiger partial charge in [-0.15, -0.1) is 0 Å². The van der Waals surface area contributed by atoms with E-state index in [2.05, 4.69) is 9.82 Å². The average molecular weight is 306 g/mol. The largest absolute Gasteiger partial charge is 0.382 e. The molecule has 1 aromatic heterocycles. The molecule has 0 spiro atoms. The number of ether oxygens (including phenoxy) is 2. The number of nitrogens with one attached hydrogen (secondary N) is 1. The number of nitrogens with zero attached hydrogens (tertiary/aromatic N) is 2. The lowest BCUT2D eigenvalue weighted by atomic mass is 10.4. The molecule has 0 saturated heterocycles. The first-order valence-electron chi connectivity index (χ1n) is 6.28. The van der Waals surface area contributed by atoms with Crippen molar-refractivity contribution < 1.29 is 17.9 Å². The Labute approximate surface area is 119 Å². The van der Waals surface area contributed by atoms with Crippen LogP contribution in [0.2, 0.25) is 0 Å². The minimum Gasteiger partial charge on any atom is -0.382 e. The van der Waals surface area contributed by atoms with Crippen LogP contribution in [-0.4, -0.2) is 51.7 Å². The molecule has 116 valence electrons. The number of aryl methyl sites for hydroxylation is 1. The van der Waals surface area contributed by atoms with Gasteiger partial charge in [-0.25, -0.2) is 13.1 Å². The third-order valence-electron chi connectivity index (χ3n) is 2.68. The third-order valence-corrected chi connectivity index (χ3v) is 4.12. The Bertz CT molecular complexity index is 514. The first kappa shape index (κ1) is 16.9. The first-order valence-corrected chi connectivity index (χ1v) is 7.77. The van der Waals surface area contributed by atoms with E-state index in [-0.39, 0.29) is 23.4 Å². The Morgan fingerprint density at radius 3 is 2.75 bits per heavy atom. The van der Waals surface area contributed by atoms with Crippen LogP contribution in [-0.2, 0) is 26.0 Å². The van der Waals surface area contributed by atoms with Gasteiger partial charge in [0, 0.05) is 33.5 Å². The van der Waals surface area contributed by atoms with Gasteiger partial charge in [0.1, 0.15) is 4.90 Å². The summed E-state index contributed by atoms with van der Waals surface area (Å²) in [6, 6.07) is 0. The maximum Gasteiger partial charge on any atom is 0.245 e. The zero-order chi connectivity index (χ0) is 15.2. The van der Waals surface area contributed by atoms with E-state index in [1.54, 1.807) is 0 Å². The van der Waals surface area contributed by atoms with E-state index in [1.165, 1.54) is 25.1 Å². The molecule has 0 fully saturated rings. The molecule has 1 unspecified atom stereocenters. The fraction of sp³-hybridized carbons (Fsp3) is 0.727. The molecule has 0 aliphatic rings. The molecule has 1 atom stereocenters. The third kappa shape index (κ3) is 4.44. The lowest BCUT2D eigenvalue weighted by Crippen LogP contribution is -2.35. The van der Waals surface area contributed by atoms with Crippen molar-refractivity contribution >= 4 is 15.8 Å². The highest BCUT2D eigenvalue weighted by atomic mass is 32.2. The fourth-order valence-corrected chi connectivity index (χ4v) is 2.78. The van der Waals surface area contributed by atoms with Crippen molar-refractivity contribution in [2.45, 2.75) is 30.9 Å². The van der Waals surface area contributed by atoms with Crippen LogP contribution in [0.1, 0.15) is 13.3 Å². The summed E-state index contributed by atoms with van der Waals surface area (Å²) in [6.45, 7) is 2.98. The number of sulfonamides is 1. The Morgan fingerprint density at radius 2 is 2.20 bits per heavy atom. The first-order chi connectivity index (χ1) is 9.44. The van der Waals surface area contributed by atoms with E-state index >= 15 is 0 Å². The fourth-order valence-electron chi connectivity index (χ4n) is 1.65. The standard InChI is InChI=1S/C11H22N4O4S/c1-4-5-15-7-10(11(12)14-15)20(16,17)13-6-9(19-3)8-18-2/h7,9,13H,4-6,8H2,1-3H3,(H2,12,14). The molecule has 0 aliphatic carbocycles. The van der Waals surface area contributed by atoms with Crippen LogP contribution in [0.3, 0.4) is 0 Å². The molecule has 0 aromatic carbocycles. The monoisotopic (exact) mass is 306 g/mol. The number of anilines is 1. The SMILES string of the molecule is CCCn1cc(S(=O)(=O)NCC(COC)OC)c(N)n1. The van der Waals surface area contributed by atoms with Crippen molar-refractivity contribution in [1.29, 1.82) is 0 Å². The Kier molecular flexibility index (Phi) is 6.40. The molecule has 0 amide bonds. The van der Waals surface area contributed by atoms with Gasteiger partial charge in [-0.2, -0.15) is 5.10 Å². The van der Waals surface area contributed by atoms with Gasteiger partial charge in [0.2, 0.25) is 10.0 Å². The topological polar surface area (TPSA) is 108 Å². The van der Waals surface area contributed by atoms with Crippen molar-refractivity contribution in [3.8, 4) is 0 Å². The molecule has 0 bridgehead atoms. The van der Waals surface area contributed by atoms with E-state index in [1.807, 2.05) is 6.92 Å². The second-order valence-corrected chi connectivity index (χ2v) is 6.04. The maximum absolute atomic E-state index is 12.2. The molecule has 3 N–H and O–H groups in total. The smallest absolute Gasteiger partial charge is 0.245 e. The van der Waals surface area contributed by atoms with E-state index in [0.29, 0.717) is 13.2 Å². The van der Waals surface area contributed by atoms with Gasteiger partial charge < -0.3 is 15.2 Å². The number of aromatic nitrogens is 2. The summed E-state index contributed by atoms with van der Waals surface area (Å²) < 4.78 is 38.3. The molecule has 0 aliphatic heterocycles. The van der Waals surface area contributed by atoms with E-state index in [0.717, 1.165) is 6.42 Å². The molecular weight excluding hydrogens is 284 g/mol. The minimum atomic E-state index is -3.71. The highest BCUT2D eigenvalue weighted by Gasteiger charge is 2.22. The predicted molar refractivity (Wildman–Crippen MR) is 74.8 cm³/mol. The molecule has 1 aromatic rings.